The summed E-state index contributed by atoms with van der Waals surface area (Å²) in [5.41, 5.74) is 5.97. The fourth-order valence-corrected chi connectivity index (χ4v) is 4.34. The molecule has 2 aromatic rings. The lowest BCUT2D eigenvalue weighted by molar-refractivity contribution is 0.578. The molecule has 0 bridgehead atoms. The Hall–Kier alpha value is -1.51. The molecule has 0 radical (unpaired) electrons. The lowest BCUT2D eigenvalue weighted by atomic mass is 10.1. The minimum absolute atomic E-state index is 0.0229. The van der Waals surface area contributed by atoms with Crippen molar-refractivity contribution in [2.24, 2.45) is 0 Å². The summed E-state index contributed by atoms with van der Waals surface area (Å²) in [6.07, 6.45) is 1.68. The number of rotatable bonds is 4. The number of aromatic nitrogens is 1. The summed E-state index contributed by atoms with van der Waals surface area (Å²) >= 11 is 1.41. The number of sulfonamides is 1. The molecule has 0 fully saturated rings. The fraction of sp³-hybridized carbons (Fsp3) is 0.308. The maximum Gasteiger partial charge on any atom is 0.241 e. The Morgan fingerprint density at radius 1 is 1.38 bits per heavy atom. The molecule has 2 rings (SSSR count). The molecule has 114 valence electrons. The molecule has 0 aliphatic carbocycles. The van der Waals surface area contributed by atoms with Crippen molar-refractivity contribution in [3.05, 3.63) is 39.1 Å². The van der Waals surface area contributed by atoms with Crippen LogP contribution in [-0.4, -0.2) is 13.4 Å². The second-order valence-corrected chi connectivity index (χ2v) is 7.76. The zero-order chi connectivity index (χ0) is 15.8. The third kappa shape index (κ3) is 3.22. The van der Waals surface area contributed by atoms with E-state index in [1.54, 1.807) is 6.20 Å². The molecule has 0 saturated heterocycles. The number of nitrogen functional groups attached to an aromatic ring is 1. The van der Waals surface area contributed by atoms with Crippen LogP contribution in [0.3, 0.4) is 0 Å². The van der Waals surface area contributed by atoms with Crippen molar-refractivity contribution in [1.29, 1.82) is 0 Å². The molecule has 8 heteroatoms. The average Bonchev–Trinajstić information content (AvgIpc) is 2.79. The minimum Gasteiger partial charge on any atom is -0.396 e. The van der Waals surface area contributed by atoms with E-state index in [9.17, 15) is 12.8 Å². The van der Waals surface area contributed by atoms with Gasteiger partial charge in [0.05, 0.1) is 17.1 Å². The number of anilines is 1. The minimum atomic E-state index is -3.78. The number of hydrogen-bond acceptors (Lipinski definition) is 5. The summed E-state index contributed by atoms with van der Waals surface area (Å²) in [5.74, 6) is -0.612. The maximum atomic E-state index is 13.5. The van der Waals surface area contributed by atoms with Gasteiger partial charge in [0.25, 0.3) is 0 Å². The number of nitrogens with zero attached hydrogens (tertiary/aromatic N) is 1. The summed E-state index contributed by atoms with van der Waals surface area (Å²) in [6.45, 7) is 5.02. The van der Waals surface area contributed by atoms with Gasteiger partial charge in [0.1, 0.15) is 10.8 Å². The number of aryl methyl sites for hydroxylation is 2. The summed E-state index contributed by atoms with van der Waals surface area (Å²) < 4.78 is 40.8. The number of nitrogens with one attached hydrogen (secondary N) is 1. The molecule has 0 aliphatic rings. The van der Waals surface area contributed by atoms with Gasteiger partial charge in [0.2, 0.25) is 10.0 Å². The largest absolute Gasteiger partial charge is 0.396 e. The number of halogens is 1. The van der Waals surface area contributed by atoms with Gasteiger partial charge < -0.3 is 5.73 Å². The van der Waals surface area contributed by atoms with Crippen LogP contribution in [-0.2, 0) is 16.6 Å². The van der Waals surface area contributed by atoms with Crippen LogP contribution >= 0.6 is 11.3 Å². The first-order chi connectivity index (χ1) is 9.72. The maximum absolute atomic E-state index is 13.5. The van der Waals surface area contributed by atoms with Crippen LogP contribution in [0, 0.1) is 26.6 Å². The van der Waals surface area contributed by atoms with Crippen molar-refractivity contribution in [2.75, 3.05) is 5.73 Å². The molecule has 1 heterocycles. The summed E-state index contributed by atoms with van der Waals surface area (Å²) in [7, 11) is -3.78. The first-order valence-corrected chi connectivity index (χ1v) is 8.48. The Bertz CT molecular complexity index is 785. The van der Waals surface area contributed by atoms with Crippen LogP contribution < -0.4 is 10.5 Å². The third-order valence-electron chi connectivity index (χ3n) is 3.05. The molecule has 0 amide bonds. The van der Waals surface area contributed by atoms with Gasteiger partial charge in [0.15, 0.2) is 0 Å². The molecule has 21 heavy (non-hydrogen) atoms. The zero-order valence-corrected chi connectivity index (χ0v) is 13.5. The molecule has 0 unspecified atom stereocenters. The lowest BCUT2D eigenvalue weighted by Crippen LogP contribution is -2.25. The van der Waals surface area contributed by atoms with Gasteiger partial charge in [-0.25, -0.2) is 22.5 Å². The van der Waals surface area contributed by atoms with Gasteiger partial charge in [0, 0.05) is 11.1 Å². The number of benzene rings is 1. The third-order valence-corrected chi connectivity index (χ3v) is 5.66. The van der Waals surface area contributed by atoms with Crippen LogP contribution in [0.2, 0.25) is 0 Å². The Kier molecular flexibility index (Phi) is 4.31. The first-order valence-electron chi connectivity index (χ1n) is 6.18. The SMILES string of the molecule is Cc1cnc(CNS(=O)(=O)c2c(C)cc(F)c(N)c2C)s1. The normalized spacial score (nSPS) is 11.8. The lowest BCUT2D eigenvalue weighted by Gasteiger charge is -2.14. The van der Waals surface area contributed by atoms with Crippen LogP contribution in [0.25, 0.3) is 0 Å². The van der Waals surface area contributed by atoms with E-state index in [0.717, 1.165) is 10.9 Å². The zero-order valence-electron chi connectivity index (χ0n) is 11.9. The van der Waals surface area contributed by atoms with Crippen molar-refractivity contribution < 1.29 is 12.8 Å². The summed E-state index contributed by atoms with van der Waals surface area (Å²) in [6, 6.07) is 1.13. The Morgan fingerprint density at radius 3 is 2.62 bits per heavy atom. The van der Waals surface area contributed by atoms with E-state index in [2.05, 4.69) is 9.71 Å². The van der Waals surface area contributed by atoms with Crippen molar-refractivity contribution in [3.63, 3.8) is 0 Å². The highest BCUT2D eigenvalue weighted by molar-refractivity contribution is 7.89. The van der Waals surface area contributed by atoms with E-state index < -0.39 is 15.8 Å². The molecule has 3 N–H and O–H groups in total. The number of hydrogen-bond donors (Lipinski definition) is 2. The highest BCUT2D eigenvalue weighted by atomic mass is 32.2. The number of nitrogens with two attached hydrogens (primary N) is 1. The monoisotopic (exact) mass is 329 g/mol. The Balaban J connectivity index is 2.34. The highest BCUT2D eigenvalue weighted by Gasteiger charge is 2.23. The molecule has 1 aromatic heterocycles. The second-order valence-electron chi connectivity index (χ2n) is 4.73. The fourth-order valence-electron chi connectivity index (χ4n) is 2.06. The smallest absolute Gasteiger partial charge is 0.241 e. The molecule has 0 saturated carbocycles. The van der Waals surface area contributed by atoms with Gasteiger partial charge in [-0.2, -0.15) is 0 Å². The molecule has 0 spiro atoms. The molecular formula is C13H16FN3O2S2. The van der Waals surface area contributed by atoms with Gasteiger partial charge >= 0.3 is 0 Å². The molecule has 1 aromatic carbocycles. The molecule has 0 aliphatic heterocycles. The Labute approximate surface area is 127 Å². The van der Waals surface area contributed by atoms with Crippen LogP contribution in [0.1, 0.15) is 21.0 Å². The van der Waals surface area contributed by atoms with Crippen molar-refractivity contribution >= 4 is 27.0 Å². The quantitative estimate of drug-likeness (QED) is 0.843. The average molecular weight is 329 g/mol. The van der Waals surface area contributed by atoms with Gasteiger partial charge in [-0.15, -0.1) is 11.3 Å². The first kappa shape index (κ1) is 15.9. The van der Waals surface area contributed by atoms with E-state index >= 15 is 0 Å². The standard InChI is InChI=1S/C13H16FN3O2S2/c1-7-4-10(14)12(15)9(3)13(7)21(18,19)17-6-11-16-5-8(2)20-11/h4-5,17H,6,15H2,1-3H3. The van der Waals surface area contributed by atoms with Crippen LogP contribution in [0.15, 0.2) is 17.2 Å². The van der Waals surface area contributed by atoms with Crippen molar-refractivity contribution in [2.45, 2.75) is 32.2 Å². The molecular weight excluding hydrogens is 313 g/mol. The summed E-state index contributed by atoms with van der Waals surface area (Å²) in [4.78, 5) is 5.12. The van der Waals surface area contributed by atoms with Gasteiger partial charge in [-0.05, 0) is 38.0 Å². The topological polar surface area (TPSA) is 85.1 Å². The molecule has 5 nitrogen and oxygen atoms in total. The number of thiazole rings is 1. The van der Waals surface area contributed by atoms with E-state index in [-0.39, 0.29) is 22.7 Å². The van der Waals surface area contributed by atoms with E-state index in [1.165, 1.54) is 25.2 Å². The van der Waals surface area contributed by atoms with Gasteiger partial charge in [-0.1, -0.05) is 0 Å². The predicted octanol–water partition coefficient (Wildman–Crippen LogP) is 2.27. The molecule has 0 atom stereocenters. The van der Waals surface area contributed by atoms with E-state index in [4.69, 9.17) is 5.73 Å². The Morgan fingerprint density at radius 2 is 2.05 bits per heavy atom. The van der Waals surface area contributed by atoms with Crippen LogP contribution in [0.4, 0.5) is 10.1 Å². The van der Waals surface area contributed by atoms with Crippen molar-refractivity contribution in [1.82, 2.24) is 9.71 Å². The van der Waals surface area contributed by atoms with E-state index in [0.29, 0.717) is 10.6 Å². The van der Waals surface area contributed by atoms with Crippen molar-refractivity contribution in [3.8, 4) is 0 Å². The highest BCUT2D eigenvalue weighted by Crippen LogP contribution is 2.27. The summed E-state index contributed by atoms with van der Waals surface area (Å²) in [5, 5.41) is 0.668. The second kappa shape index (κ2) is 5.70. The van der Waals surface area contributed by atoms with Gasteiger partial charge in [-0.3, -0.25) is 0 Å². The van der Waals surface area contributed by atoms with Crippen LogP contribution in [0.5, 0.6) is 0 Å². The predicted molar refractivity (Wildman–Crippen MR) is 81.2 cm³/mol. The van der Waals surface area contributed by atoms with E-state index in [1.807, 2.05) is 6.92 Å².